The highest BCUT2D eigenvalue weighted by atomic mass is 14.9. The molecular weight excluding hydrogens is 595 g/mol. The van der Waals surface area contributed by atoms with E-state index in [1.807, 2.05) is 30.6 Å². The van der Waals surface area contributed by atoms with E-state index in [0.717, 1.165) is 39.2 Å². The van der Waals surface area contributed by atoms with Crippen molar-refractivity contribution in [1.29, 1.82) is 0 Å². The Hall–Kier alpha value is -6.45. The van der Waals surface area contributed by atoms with Gasteiger partial charge in [-0.05, 0) is 68.8 Å². The van der Waals surface area contributed by atoms with Gasteiger partial charge in [0.2, 0.25) is 0 Å². The van der Waals surface area contributed by atoms with Crippen molar-refractivity contribution in [2.45, 2.75) is 5.41 Å². The minimum absolute atomic E-state index is 0.481. The second kappa shape index (κ2) is 12.0. The van der Waals surface area contributed by atoms with Gasteiger partial charge in [-0.2, -0.15) is 0 Å². The maximum atomic E-state index is 5.25. The first-order valence-corrected chi connectivity index (χ1v) is 16.6. The fourth-order valence-electron chi connectivity index (χ4n) is 7.44. The van der Waals surface area contributed by atoms with E-state index >= 15 is 0 Å². The number of aromatic nitrogens is 3. The van der Waals surface area contributed by atoms with Gasteiger partial charge < -0.3 is 0 Å². The number of nitrogens with zero attached hydrogens (tertiary/aromatic N) is 3. The third-order valence-electron chi connectivity index (χ3n) is 9.71. The normalized spacial score (nSPS) is 12.7. The molecule has 0 bridgehead atoms. The van der Waals surface area contributed by atoms with Crippen LogP contribution in [-0.2, 0) is 5.41 Å². The van der Waals surface area contributed by atoms with Crippen LogP contribution in [0.1, 0.15) is 22.3 Å². The van der Waals surface area contributed by atoms with Crippen molar-refractivity contribution in [3.05, 3.63) is 211 Å². The van der Waals surface area contributed by atoms with E-state index in [1.165, 1.54) is 33.4 Å². The molecule has 3 heteroatoms. The van der Waals surface area contributed by atoms with Gasteiger partial charge in [-0.25, -0.2) is 9.97 Å². The Morgan fingerprint density at radius 2 is 0.857 bits per heavy atom. The van der Waals surface area contributed by atoms with Gasteiger partial charge in [0, 0.05) is 29.1 Å². The Balaban J connectivity index is 1.25. The van der Waals surface area contributed by atoms with Crippen LogP contribution in [0.2, 0.25) is 0 Å². The van der Waals surface area contributed by atoms with Gasteiger partial charge in [0.15, 0.2) is 5.82 Å². The molecule has 0 aliphatic heterocycles. The summed E-state index contributed by atoms with van der Waals surface area (Å²) in [5, 5.41) is 0. The summed E-state index contributed by atoms with van der Waals surface area (Å²) in [6.07, 6.45) is 3.64. The summed E-state index contributed by atoms with van der Waals surface area (Å²) >= 11 is 0. The molecule has 1 aliphatic rings. The van der Waals surface area contributed by atoms with Gasteiger partial charge in [-0.1, -0.05) is 152 Å². The minimum Gasteiger partial charge on any atom is -0.265 e. The van der Waals surface area contributed by atoms with Crippen LogP contribution in [0.15, 0.2) is 188 Å². The lowest BCUT2D eigenvalue weighted by Gasteiger charge is -2.34. The number of pyridine rings is 1. The lowest BCUT2D eigenvalue weighted by Crippen LogP contribution is -2.28. The van der Waals surface area contributed by atoms with E-state index < -0.39 is 5.41 Å². The maximum absolute atomic E-state index is 5.25. The molecule has 0 atom stereocenters. The number of hydrogen-bond donors (Lipinski definition) is 0. The first-order valence-electron chi connectivity index (χ1n) is 16.6. The molecule has 230 valence electrons. The van der Waals surface area contributed by atoms with E-state index in [2.05, 4.69) is 163 Å². The molecule has 2 heterocycles. The Morgan fingerprint density at radius 1 is 0.347 bits per heavy atom. The molecule has 49 heavy (non-hydrogen) atoms. The largest absolute Gasteiger partial charge is 0.265 e. The fourth-order valence-corrected chi connectivity index (χ4v) is 7.44. The van der Waals surface area contributed by atoms with Crippen LogP contribution in [0.3, 0.4) is 0 Å². The summed E-state index contributed by atoms with van der Waals surface area (Å²) in [6, 6.07) is 62.6. The van der Waals surface area contributed by atoms with Gasteiger partial charge in [0.1, 0.15) is 0 Å². The van der Waals surface area contributed by atoms with E-state index in [-0.39, 0.29) is 0 Å². The number of rotatable bonds is 6. The summed E-state index contributed by atoms with van der Waals surface area (Å²) in [5.41, 5.74) is 14.2. The molecule has 0 N–H and O–H groups in total. The SMILES string of the molecule is c1ccc(-c2cc(-c3ccc4c(c3)C(c3ccccc3)(c3ccccc3)c3ccccc3-4)nc(-c3ccc(-c4ccncc4)cc3)n2)cc1. The van der Waals surface area contributed by atoms with Gasteiger partial charge in [0.05, 0.1) is 16.8 Å². The van der Waals surface area contributed by atoms with Crippen LogP contribution in [0.4, 0.5) is 0 Å². The van der Waals surface area contributed by atoms with Gasteiger partial charge in [-0.3, -0.25) is 4.98 Å². The van der Waals surface area contributed by atoms with Gasteiger partial charge >= 0.3 is 0 Å². The standard InChI is InChI=1S/C46H31N3/c1-4-12-34(13-5-1)43-31-44(49-45(48-43)35-22-20-32(21-23-35)33-26-28-47-29-27-33)36-24-25-40-39-18-10-11-19-41(39)46(42(40)30-36,37-14-6-2-7-15-37)38-16-8-3-9-17-38/h1-31H. The summed E-state index contributed by atoms with van der Waals surface area (Å²) in [6.45, 7) is 0. The average Bonchev–Trinajstić information content (AvgIpc) is 3.49. The molecule has 0 fully saturated rings. The molecule has 1 aliphatic carbocycles. The van der Waals surface area contributed by atoms with Crippen molar-refractivity contribution in [2.75, 3.05) is 0 Å². The Morgan fingerprint density at radius 3 is 1.53 bits per heavy atom. The second-order valence-corrected chi connectivity index (χ2v) is 12.4. The summed E-state index contributed by atoms with van der Waals surface area (Å²) in [7, 11) is 0. The molecule has 0 spiro atoms. The Labute approximate surface area is 286 Å². The molecular formula is C46H31N3. The van der Waals surface area contributed by atoms with Gasteiger partial charge in [-0.15, -0.1) is 0 Å². The van der Waals surface area contributed by atoms with E-state index in [0.29, 0.717) is 5.82 Å². The summed E-state index contributed by atoms with van der Waals surface area (Å²) in [4.78, 5) is 14.5. The van der Waals surface area contributed by atoms with E-state index in [9.17, 15) is 0 Å². The predicted molar refractivity (Wildman–Crippen MR) is 199 cm³/mol. The third kappa shape index (κ3) is 4.87. The molecule has 0 radical (unpaired) electrons. The fraction of sp³-hybridized carbons (Fsp3) is 0.0217. The molecule has 0 amide bonds. The maximum Gasteiger partial charge on any atom is 0.160 e. The van der Waals surface area contributed by atoms with Crippen molar-refractivity contribution in [2.24, 2.45) is 0 Å². The van der Waals surface area contributed by atoms with Crippen LogP contribution in [0.25, 0.3) is 56.2 Å². The van der Waals surface area contributed by atoms with Crippen LogP contribution in [-0.4, -0.2) is 15.0 Å². The molecule has 0 saturated heterocycles. The minimum atomic E-state index is -0.481. The lowest BCUT2D eigenvalue weighted by molar-refractivity contribution is 0.768. The van der Waals surface area contributed by atoms with Crippen molar-refractivity contribution in [3.8, 4) is 56.2 Å². The number of fused-ring (bicyclic) bond motifs is 3. The van der Waals surface area contributed by atoms with E-state index in [4.69, 9.17) is 9.97 Å². The quantitative estimate of drug-likeness (QED) is 0.185. The molecule has 9 rings (SSSR count). The summed E-state index contributed by atoms with van der Waals surface area (Å²) in [5.74, 6) is 0.693. The highest BCUT2D eigenvalue weighted by molar-refractivity contribution is 5.88. The zero-order chi connectivity index (χ0) is 32.6. The van der Waals surface area contributed by atoms with Crippen LogP contribution in [0.5, 0.6) is 0 Å². The zero-order valence-corrected chi connectivity index (χ0v) is 26.7. The Bertz CT molecular complexity index is 2370. The molecule has 2 aromatic heterocycles. The van der Waals surface area contributed by atoms with Crippen LogP contribution in [0, 0.1) is 0 Å². The number of benzene rings is 6. The van der Waals surface area contributed by atoms with Crippen molar-refractivity contribution >= 4 is 0 Å². The van der Waals surface area contributed by atoms with Crippen molar-refractivity contribution in [1.82, 2.24) is 15.0 Å². The molecule has 6 aromatic carbocycles. The topological polar surface area (TPSA) is 38.7 Å². The Kier molecular flexibility index (Phi) is 7.02. The van der Waals surface area contributed by atoms with E-state index in [1.54, 1.807) is 0 Å². The zero-order valence-electron chi connectivity index (χ0n) is 26.7. The van der Waals surface area contributed by atoms with Crippen molar-refractivity contribution < 1.29 is 0 Å². The lowest BCUT2D eigenvalue weighted by atomic mass is 9.67. The monoisotopic (exact) mass is 625 g/mol. The number of hydrogen-bond acceptors (Lipinski definition) is 3. The molecule has 8 aromatic rings. The molecule has 0 unspecified atom stereocenters. The molecule has 3 nitrogen and oxygen atoms in total. The highest BCUT2D eigenvalue weighted by Gasteiger charge is 2.46. The first kappa shape index (κ1) is 28.7. The van der Waals surface area contributed by atoms with Crippen LogP contribution < -0.4 is 0 Å². The smallest absolute Gasteiger partial charge is 0.160 e. The summed E-state index contributed by atoms with van der Waals surface area (Å²) < 4.78 is 0. The van der Waals surface area contributed by atoms with Crippen LogP contribution >= 0.6 is 0 Å². The highest BCUT2D eigenvalue weighted by Crippen LogP contribution is 2.56. The third-order valence-corrected chi connectivity index (χ3v) is 9.71. The second-order valence-electron chi connectivity index (χ2n) is 12.4. The predicted octanol–water partition coefficient (Wildman–Crippen LogP) is 10.9. The van der Waals surface area contributed by atoms with Gasteiger partial charge in [0.25, 0.3) is 0 Å². The first-order chi connectivity index (χ1) is 24.3. The average molecular weight is 626 g/mol. The van der Waals surface area contributed by atoms with Crippen molar-refractivity contribution in [3.63, 3.8) is 0 Å². The molecule has 0 saturated carbocycles.